The van der Waals surface area contributed by atoms with Crippen molar-refractivity contribution in [3.8, 4) is 0 Å². The van der Waals surface area contributed by atoms with Crippen LogP contribution in [-0.4, -0.2) is 68.7 Å². The fourth-order valence-corrected chi connectivity index (χ4v) is 2.89. The molecule has 1 aromatic carbocycles. The molecule has 1 N–H and O–H groups in total. The minimum absolute atomic E-state index is 0.113. The lowest BCUT2D eigenvalue weighted by atomic mass is 10.0. The van der Waals surface area contributed by atoms with Crippen LogP contribution >= 0.6 is 0 Å². The van der Waals surface area contributed by atoms with Crippen molar-refractivity contribution in [3.63, 3.8) is 0 Å². The zero-order valence-electron chi connectivity index (χ0n) is 15.6. The third-order valence-electron chi connectivity index (χ3n) is 4.52. The number of nitrogens with zero attached hydrogens (tertiary/aromatic N) is 3. The molecular formula is C19H32N4O. The van der Waals surface area contributed by atoms with Gasteiger partial charge in [-0.1, -0.05) is 31.2 Å². The molecular weight excluding hydrogens is 300 g/mol. The van der Waals surface area contributed by atoms with Crippen LogP contribution in [0.3, 0.4) is 0 Å². The SMILES string of the molecule is CCNC(=NCCN(C)CC)N1CCOC(c2ccccc2C)C1. The van der Waals surface area contributed by atoms with Gasteiger partial charge < -0.3 is 19.9 Å². The van der Waals surface area contributed by atoms with Gasteiger partial charge in [0.05, 0.1) is 19.7 Å². The molecule has 5 heteroatoms. The third kappa shape index (κ3) is 5.21. The molecule has 0 amide bonds. The van der Waals surface area contributed by atoms with E-state index in [0.717, 1.165) is 51.8 Å². The number of aliphatic imine (C=N–C) groups is 1. The molecule has 0 bridgehead atoms. The Bertz CT molecular complexity index is 532. The fourth-order valence-electron chi connectivity index (χ4n) is 2.89. The summed E-state index contributed by atoms with van der Waals surface area (Å²) >= 11 is 0. The summed E-state index contributed by atoms with van der Waals surface area (Å²) in [6, 6.07) is 8.49. The molecule has 0 aliphatic carbocycles. The van der Waals surface area contributed by atoms with Crippen molar-refractivity contribution in [1.29, 1.82) is 0 Å². The van der Waals surface area contributed by atoms with Crippen molar-refractivity contribution < 1.29 is 4.74 Å². The van der Waals surface area contributed by atoms with E-state index in [1.807, 2.05) is 0 Å². The normalized spacial score (nSPS) is 19.0. The highest BCUT2D eigenvalue weighted by molar-refractivity contribution is 5.80. The van der Waals surface area contributed by atoms with Gasteiger partial charge in [-0.25, -0.2) is 0 Å². The molecule has 0 radical (unpaired) electrons. The Hall–Kier alpha value is -1.59. The number of hydrogen-bond acceptors (Lipinski definition) is 3. The largest absolute Gasteiger partial charge is 0.370 e. The summed E-state index contributed by atoms with van der Waals surface area (Å²) in [6.45, 7) is 12.6. The van der Waals surface area contributed by atoms with Crippen molar-refractivity contribution in [2.45, 2.75) is 26.9 Å². The van der Waals surface area contributed by atoms with E-state index >= 15 is 0 Å². The van der Waals surface area contributed by atoms with Crippen LogP contribution in [0.2, 0.25) is 0 Å². The molecule has 1 aliphatic rings. The van der Waals surface area contributed by atoms with Crippen LogP contribution in [0.1, 0.15) is 31.1 Å². The summed E-state index contributed by atoms with van der Waals surface area (Å²) in [6.07, 6.45) is 0.113. The standard InChI is InChI=1S/C19H32N4O/c1-5-20-19(21-11-12-22(4)6-2)23-13-14-24-18(15-23)17-10-8-7-9-16(17)3/h7-10,18H,5-6,11-15H2,1-4H3,(H,20,21). The summed E-state index contributed by atoms with van der Waals surface area (Å²) in [7, 11) is 2.13. The van der Waals surface area contributed by atoms with Gasteiger partial charge in [-0.15, -0.1) is 0 Å². The smallest absolute Gasteiger partial charge is 0.194 e. The van der Waals surface area contributed by atoms with Crippen LogP contribution in [0.4, 0.5) is 0 Å². The molecule has 0 spiro atoms. The second kappa shape index (κ2) is 9.64. The molecule has 134 valence electrons. The van der Waals surface area contributed by atoms with Gasteiger partial charge in [0.1, 0.15) is 6.10 Å². The van der Waals surface area contributed by atoms with E-state index in [-0.39, 0.29) is 6.10 Å². The Balaban J connectivity index is 2.04. The fraction of sp³-hybridized carbons (Fsp3) is 0.632. The lowest BCUT2D eigenvalue weighted by molar-refractivity contribution is -0.00833. The minimum atomic E-state index is 0.113. The van der Waals surface area contributed by atoms with Gasteiger partial charge in [-0.3, -0.25) is 4.99 Å². The first-order valence-corrected chi connectivity index (χ1v) is 9.04. The van der Waals surface area contributed by atoms with Crippen LogP contribution in [-0.2, 0) is 4.74 Å². The first-order valence-electron chi connectivity index (χ1n) is 9.04. The van der Waals surface area contributed by atoms with Gasteiger partial charge in [0.2, 0.25) is 0 Å². The van der Waals surface area contributed by atoms with Gasteiger partial charge in [0.25, 0.3) is 0 Å². The first-order chi connectivity index (χ1) is 11.7. The van der Waals surface area contributed by atoms with E-state index in [0.29, 0.717) is 0 Å². The predicted octanol–water partition coefficient (Wildman–Crippen LogP) is 2.29. The van der Waals surface area contributed by atoms with E-state index in [4.69, 9.17) is 9.73 Å². The number of aryl methyl sites for hydroxylation is 1. The molecule has 1 aliphatic heterocycles. The number of likely N-dealkylation sites (N-methyl/N-ethyl adjacent to an activating group) is 1. The molecule has 1 aromatic rings. The Labute approximate surface area is 146 Å². The van der Waals surface area contributed by atoms with Gasteiger partial charge >= 0.3 is 0 Å². The van der Waals surface area contributed by atoms with Gasteiger partial charge in [0.15, 0.2) is 5.96 Å². The second-order valence-electron chi connectivity index (χ2n) is 6.29. The molecule has 1 heterocycles. The average molecular weight is 332 g/mol. The van der Waals surface area contributed by atoms with Crippen LogP contribution < -0.4 is 5.32 Å². The monoisotopic (exact) mass is 332 g/mol. The summed E-state index contributed by atoms with van der Waals surface area (Å²) in [5.41, 5.74) is 2.57. The first kappa shape index (κ1) is 18.7. The van der Waals surface area contributed by atoms with Crippen molar-refractivity contribution in [3.05, 3.63) is 35.4 Å². The third-order valence-corrected chi connectivity index (χ3v) is 4.52. The highest BCUT2D eigenvalue weighted by atomic mass is 16.5. The molecule has 0 saturated carbocycles. The van der Waals surface area contributed by atoms with Gasteiger partial charge in [-0.05, 0) is 38.6 Å². The van der Waals surface area contributed by atoms with Gasteiger partial charge in [-0.2, -0.15) is 0 Å². The lowest BCUT2D eigenvalue weighted by Crippen LogP contribution is -2.48. The summed E-state index contributed by atoms with van der Waals surface area (Å²) in [4.78, 5) is 9.42. The quantitative estimate of drug-likeness (QED) is 0.641. The van der Waals surface area contributed by atoms with E-state index in [2.05, 4.69) is 67.2 Å². The number of hydrogen-bond donors (Lipinski definition) is 1. The van der Waals surface area contributed by atoms with Crippen molar-refractivity contribution in [2.24, 2.45) is 4.99 Å². The topological polar surface area (TPSA) is 40.1 Å². The number of ether oxygens (including phenoxy) is 1. The molecule has 2 rings (SSSR count). The number of benzene rings is 1. The summed E-state index contributed by atoms with van der Waals surface area (Å²) in [5.74, 6) is 1.00. The highest BCUT2D eigenvalue weighted by Gasteiger charge is 2.25. The Morgan fingerprint density at radius 1 is 1.38 bits per heavy atom. The number of rotatable bonds is 6. The molecule has 1 fully saturated rings. The molecule has 5 nitrogen and oxygen atoms in total. The average Bonchev–Trinajstić information content (AvgIpc) is 2.61. The van der Waals surface area contributed by atoms with Crippen molar-refractivity contribution in [2.75, 3.05) is 52.9 Å². The highest BCUT2D eigenvalue weighted by Crippen LogP contribution is 2.24. The maximum Gasteiger partial charge on any atom is 0.194 e. The Kier molecular flexibility index (Phi) is 7.53. The lowest BCUT2D eigenvalue weighted by Gasteiger charge is -2.36. The zero-order valence-corrected chi connectivity index (χ0v) is 15.6. The van der Waals surface area contributed by atoms with Crippen LogP contribution in [0, 0.1) is 6.92 Å². The van der Waals surface area contributed by atoms with E-state index in [1.165, 1.54) is 11.1 Å². The Morgan fingerprint density at radius 3 is 2.88 bits per heavy atom. The van der Waals surface area contributed by atoms with Crippen molar-refractivity contribution in [1.82, 2.24) is 15.1 Å². The van der Waals surface area contributed by atoms with Crippen LogP contribution in [0.25, 0.3) is 0 Å². The van der Waals surface area contributed by atoms with E-state index < -0.39 is 0 Å². The molecule has 1 unspecified atom stereocenters. The number of nitrogens with one attached hydrogen (secondary N) is 1. The maximum absolute atomic E-state index is 6.03. The minimum Gasteiger partial charge on any atom is -0.370 e. The van der Waals surface area contributed by atoms with E-state index in [1.54, 1.807) is 0 Å². The molecule has 1 atom stereocenters. The van der Waals surface area contributed by atoms with Crippen molar-refractivity contribution >= 4 is 5.96 Å². The summed E-state index contributed by atoms with van der Waals surface area (Å²) < 4.78 is 6.03. The van der Waals surface area contributed by atoms with Gasteiger partial charge in [0, 0.05) is 19.6 Å². The number of morpholine rings is 1. The molecule has 0 aromatic heterocycles. The molecule has 1 saturated heterocycles. The van der Waals surface area contributed by atoms with Crippen LogP contribution in [0.5, 0.6) is 0 Å². The maximum atomic E-state index is 6.03. The van der Waals surface area contributed by atoms with Crippen LogP contribution in [0.15, 0.2) is 29.3 Å². The van der Waals surface area contributed by atoms with E-state index in [9.17, 15) is 0 Å². The number of guanidine groups is 1. The second-order valence-corrected chi connectivity index (χ2v) is 6.29. The summed E-state index contributed by atoms with van der Waals surface area (Å²) in [5, 5.41) is 3.43. The predicted molar refractivity (Wildman–Crippen MR) is 101 cm³/mol. The molecule has 24 heavy (non-hydrogen) atoms. The Morgan fingerprint density at radius 2 is 2.17 bits per heavy atom. The zero-order chi connectivity index (χ0) is 17.4.